The number of nitrogens with zero attached hydrogens (tertiary/aromatic N) is 1. The van der Waals surface area contributed by atoms with Gasteiger partial charge in [-0.1, -0.05) is 35.9 Å². The van der Waals surface area contributed by atoms with Crippen LogP contribution in [0.25, 0.3) is 0 Å². The van der Waals surface area contributed by atoms with Crippen molar-refractivity contribution in [3.63, 3.8) is 0 Å². The van der Waals surface area contributed by atoms with Crippen LogP contribution in [0.5, 0.6) is 0 Å². The Bertz CT molecular complexity index is 955. The van der Waals surface area contributed by atoms with Crippen LogP contribution < -0.4 is 16.0 Å². The molecule has 0 radical (unpaired) electrons. The number of hydrogen-bond donors (Lipinski definition) is 3. The third-order valence-electron chi connectivity index (χ3n) is 6.21. The average Bonchev–Trinajstić information content (AvgIpc) is 3.22. The Labute approximate surface area is 192 Å². The second-order valence-electron chi connectivity index (χ2n) is 8.50. The number of carbonyl (C=O) groups excluding carboxylic acids is 2. The number of amides is 2. The van der Waals surface area contributed by atoms with Gasteiger partial charge in [0.2, 0.25) is 11.8 Å². The highest BCUT2D eigenvalue weighted by molar-refractivity contribution is 6.30. The van der Waals surface area contributed by atoms with Crippen LogP contribution in [0.15, 0.2) is 48.5 Å². The minimum Gasteiger partial charge on any atom is -0.353 e. The van der Waals surface area contributed by atoms with Crippen molar-refractivity contribution in [2.24, 2.45) is 0 Å². The smallest absolute Gasteiger partial charge is 0.237 e. The summed E-state index contributed by atoms with van der Waals surface area (Å²) in [6.45, 7) is 2.41. The van der Waals surface area contributed by atoms with Crippen molar-refractivity contribution in [3.8, 4) is 0 Å². The summed E-state index contributed by atoms with van der Waals surface area (Å²) in [4.78, 5) is 27.0. The summed E-state index contributed by atoms with van der Waals surface area (Å²) in [5, 5.41) is 10.1. The summed E-state index contributed by atoms with van der Waals surface area (Å²) in [5.41, 5.74) is 1.97. The fourth-order valence-electron chi connectivity index (χ4n) is 4.49. The lowest BCUT2D eigenvalue weighted by Gasteiger charge is -2.37. The predicted octanol–water partition coefficient (Wildman–Crippen LogP) is 2.61. The molecule has 170 valence electrons. The zero-order valence-electron chi connectivity index (χ0n) is 17.8. The second kappa shape index (κ2) is 10.4. The van der Waals surface area contributed by atoms with E-state index < -0.39 is 0 Å². The third-order valence-corrected chi connectivity index (χ3v) is 6.45. The molecule has 2 fully saturated rings. The van der Waals surface area contributed by atoms with Crippen LogP contribution in [-0.2, 0) is 22.7 Å². The standard InChI is InChI=1S/C24H28ClFN4O2/c25-18-3-1-2-17(10-18)13-27-20-11-22-24(32)29-14-21(30(22)15-20)8-9-23(31)28-12-16-4-6-19(26)7-5-16/h1-7,10,20-22,27H,8-9,11-15H2,(H,28,31)(H,29,32)/t20-,21+,22-/m0/s1. The maximum atomic E-state index is 13.0. The fraction of sp³-hybridized carbons (Fsp3) is 0.417. The van der Waals surface area contributed by atoms with Crippen molar-refractivity contribution in [3.05, 3.63) is 70.5 Å². The van der Waals surface area contributed by atoms with E-state index in [1.165, 1.54) is 12.1 Å². The molecule has 6 nitrogen and oxygen atoms in total. The van der Waals surface area contributed by atoms with Crippen molar-refractivity contribution in [1.82, 2.24) is 20.9 Å². The first kappa shape index (κ1) is 22.7. The van der Waals surface area contributed by atoms with Gasteiger partial charge in [-0.15, -0.1) is 0 Å². The fourth-order valence-corrected chi connectivity index (χ4v) is 4.70. The van der Waals surface area contributed by atoms with Gasteiger partial charge in [-0.05, 0) is 48.2 Å². The molecule has 2 aliphatic rings. The highest BCUT2D eigenvalue weighted by Gasteiger charge is 2.43. The Kier molecular flexibility index (Phi) is 7.40. The monoisotopic (exact) mass is 458 g/mol. The highest BCUT2D eigenvalue weighted by Crippen LogP contribution is 2.26. The lowest BCUT2D eigenvalue weighted by Crippen LogP contribution is -2.58. The largest absolute Gasteiger partial charge is 0.353 e. The van der Waals surface area contributed by atoms with Crippen LogP contribution >= 0.6 is 11.6 Å². The van der Waals surface area contributed by atoms with Crippen molar-refractivity contribution in [1.29, 1.82) is 0 Å². The molecule has 2 heterocycles. The Hall–Kier alpha value is -2.48. The van der Waals surface area contributed by atoms with Crippen LogP contribution in [-0.4, -0.2) is 47.9 Å². The van der Waals surface area contributed by atoms with Crippen LogP contribution in [0, 0.1) is 5.82 Å². The van der Waals surface area contributed by atoms with Gasteiger partial charge >= 0.3 is 0 Å². The third kappa shape index (κ3) is 5.85. The predicted molar refractivity (Wildman–Crippen MR) is 121 cm³/mol. The molecule has 0 bridgehead atoms. The number of rotatable bonds is 8. The molecule has 8 heteroatoms. The topological polar surface area (TPSA) is 73.5 Å². The molecule has 32 heavy (non-hydrogen) atoms. The van der Waals surface area contributed by atoms with Crippen LogP contribution in [0.2, 0.25) is 5.02 Å². The maximum absolute atomic E-state index is 13.0. The lowest BCUT2D eigenvalue weighted by atomic mass is 10.0. The normalized spacial score (nSPS) is 22.9. The van der Waals surface area contributed by atoms with Gasteiger partial charge in [0.25, 0.3) is 0 Å². The summed E-state index contributed by atoms with van der Waals surface area (Å²) in [5.74, 6) is -0.272. The van der Waals surface area contributed by atoms with Crippen LogP contribution in [0.4, 0.5) is 4.39 Å². The molecule has 0 unspecified atom stereocenters. The number of nitrogens with one attached hydrogen (secondary N) is 3. The average molecular weight is 459 g/mol. The van der Waals surface area contributed by atoms with Gasteiger partial charge in [-0.2, -0.15) is 0 Å². The Morgan fingerprint density at radius 2 is 1.97 bits per heavy atom. The van der Waals surface area contributed by atoms with E-state index in [0.717, 1.165) is 24.1 Å². The molecule has 3 atom stereocenters. The molecule has 2 amide bonds. The Morgan fingerprint density at radius 1 is 1.16 bits per heavy atom. The molecule has 4 rings (SSSR count). The van der Waals surface area contributed by atoms with E-state index in [4.69, 9.17) is 11.6 Å². The zero-order chi connectivity index (χ0) is 22.5. The maximum Gasteiger partial charge on any atom is 0.237 e. The first-order valence-electron chi connectivity index (χ1n) is 11.0. The Morgan fingerprint density at radius 3 is 2.75 bits per heavy atom. The molecular weight excluding hydrogens is 431 g/mol. The molecule has 2 aromatic rings. The summed E-state index contributed by atoms with van der Waals surface area (Å²) in [6, 6.07) is 14.0. The lowest BCUT2D eigenvalue weighted by molar-refractivity contribution is -0.129. The first-order valence-corrected chi connectivity index (χ1v) is 11.4. The molecule has 3 N–H and O–H groups in total. The summed E-state index contributed by atoms with van der Waals surface area (Å²) in [7, 11) is 0. The quantitative estimate of drug-likeness (QED) is 0.568. The number of fused-ring (bicyclic) bond motifs is 1. The van der Waals surface area contributed by atoms with Gasteiger partial charge in [-0.3, -0.25) is 14.5 Å². The minimum atomic E-state index is -0.292. The number of piperazine rings is 1. The molecule has 2 aliphatic heterocycles. The van der Waals surface area contributed by atoms with E-state index in [0.29, 0.717) is 37.5 Å². The van der Waals surface area contributed by atoms with Gasteiger partial charge in [-0.25, -0.2) is 4.39 Å². The van der Waals surface area contributed by atoms with Crippen molar-refractivity contribution < 1.29 is 14.0 Å². The van der Waals surface area contributed by atoms with E-state index in [2.05, 4.69) is 20.9 Å². The van der Waals surface area contributed by atoms with E-state index in [1.54, 1.807) is 12.1 Å². The number of benzene rings is 2. The van der Waals surface area contributed by atoms with Gasteiger partial charge in [0.15, 0.2) is 0 Å². The molecular formula is C24H28ClFN4O2. The minimum absolute atomic E-state index is 0.0439. The highest BCUT2D eigenvalue weighted by atomic mass is 35.5. The molecule has 0 aliphatic carbocycles. The summed E-state index contributed by atoms with van der Waals surface area (Å²) < 4.78 is 13.0. The molecule has 0 aromatic heterocycles. The van der Waals surface area contributed by atoms with E-state index in [-0.39, 0.29) is 35.8 Å². The van der Waals surface area contributed by atoms with Gasteiger partial charge < -0.3 is 16.0 Å². The van der Waals surface area contributed by atoms with E-state index in [1.807, 2.05) is 24.3 Å². The van der Waals surface area contributed by atoms with Gasteiger partial charge in [0.1, 0.15) is 5.82 Å². The zero-order valence-corrected chi connectivity index (χ0v) is 18.6. The SMILES string of the molecule is O=C(CC[C@@H]1CNC(=O)[C@@H]2C[C@H](NCc3cccc(Cl)c3)CN12)NCc1ccc(F)cc1. The van der Waals surface area contributed by atoms with E-state index >= 15 is 0 Å². The summed E-state index contributed by atoms with van der Waals surface area (Å²) in [6.07, 6.45) is 1.80. The van der Waals surface area contributed by atoms with Crippen molar-refractivity contribution in [2.75, 3.05) is 13.1 Å². The second-order valence-corrected chi connectivity index (χ2v) is 8.93. The van der Waals surface area contributed by atoms with Crippen molar-refractivity contribution >= 4 is 23.4 Å². The van der Waals surface area contributed by atoms with Gasteiger partial charge in [0, 0.05) is 49.7 Å². The van der Waals surface area contributed by atoms with Crippen LogP contribution in [0.3, 0.4) is 0 Å². The number of hydrogen-bond acceptors (Lipinski definition) is 4. The Balaban J connectivity index is 1.25. The van der Waals surface area contributed by atoms with Crippen LogP contribution in [0.1, 0.15) is 30.4 Å². The summed E-state index contributed by atoms with van der Waals surface area (Å²) >= 11 is 6.07. The number of halogens is 2. The first-order chi connectivity index (χ1) is 15.5. The van der Waals surface area contributed by atoms with E-state index in [9.17, 15) is 14.0 Å². The number of carbonyl (C=O) groups is 2. The molecule has 0 spiro atoms. The molecule has 2 aromatic carbocycles. The molecule has 2 saturated heterocycles. The van der Waals surface area contributed by atoms with Crippen molar-refractivity contribution in [2.45, 2.75) is 50.5 Å². The molecule has 0 saturated carbocycles. The van der Waals surface area contributed by atoms with Gasteiger partial charge in [0.05, 0.1) is 6.04 Å².